The molecule has 114 valence electrons. The van der Waals surface area contributed by atoms with Gasteiger partial charge in [-0.2, -0.15) is 4.31 Å². The van der Waals surface area contributed by atoms with Crippen LogP contribution in [0.2, 0.25) is 0 Å². The van der Waals surface area contributed by atoms with Gasteiger partial charge < -0.3 is 10.8 Å². The molecule has 1 unspecified atom stereocenters. The molecule has 0 heterocycles. The first-order valence-corrected chi connectivity index (χ1v) is 8.16. The van der Waals surface area contributed by atoms with Gasteiger partial charge in [-0.15, -0.1) is 0 Å². The number of aryl methyl sites for hydroxylation is 1. The van der Waals surface area contributed by atoms with Gasteiger partial charge >= 0.3 is 0 Å². The summed E-state index contributed by atoms with van der Waals surface area (Å²) in [5.41, 5.74) is 6.38. The van der Waals surface area contributed by atoms with E-state index in [9.17, 15) is 13.5 Å². The molecule has 0 aliphatic carbocycles. The molecule has 1 aromatic rings. The number of aliphatic hydroxyl groups excluding tert-OH is 1. The molecular formula is C14H24N2O3S. The fourth-order valence-corrected chi connectivity index (χ4v) is 3.49. The van der Waals surface area contributed by atoms with Gasteiger partial charge in [-0.3, -0.25) is 0 Å². The van der Waals surface area contributed by atoms with E-state index < -0.39 is 16.1 Å². The summed E-state index contributed by atoms with van der Waals surface area (Å²) in [6.07, 6.45) is -0.853. The molecule has 0 saturated heterocycles. The normalized spacial score (nSPS) is 13.9. The van der Waals surface area contributed by atoms with Crippen LogP contribution in [-0.2, 0) is 10.0 Å². The Morgan fingerprint density at radius 2 is 1.75 bits per heavy atom. The van der Waals surface area contributed by atoms with Gasteiger partial charge in [0, 0.05) is 19.6 Å². The second-order valence-corrected chi connectivity index (χ2v) is 7.36. The highest BCUT2D eigenvalue weighted by Gasteiger charge is 2.26. The topological polar surface area (TPSA) is 83.6 Å². The molecule has 0 fully saturated rings. The van der Waals surface area contributed by atoms with Crippen molar-refractivity contribution in [1.29, 1.82) is 0 Å². The molecule has 0 radical (unpaired) electrons. The zero-order chi connectivity index (χ0) is 15.3. The summed E-state index contributed by atoms with van der Waals surface area (Å²) in [5.74, 6) is 0.167. The Hall–Kier alpha value is -0.950. The summed E-state index contributed by atoms with van der Waals surface area (Å²) < 4.78 is 26.5. The van der Waals surface area contributed by atoms with Crippen molar-refractivity contribution >= 4 is 10.0 Å². The number of nitrogens with zero attached hydrogens (tertiary/aromatic N) is 1. The van der Waals surface area contributed by atoms with Crippen LogP contribution in [0.1, 0.15) is 19.4 Å². The van der Waals surface area contributed by atoms with Crippen molar-refractivity contribution in [2.45, 2.75) is 31.8 Å². The van der Waals surface area contributed by atoms with Crippen LogP contribution in [0.15, 0.2) is 29.2 Å². The van der Waals surface area contributed by atoms with Crippen molar-refractivity contribution in [3.63, 3.8) is 0 Å². The third-order valence-electron chi connectivity index (χ3n) is 2.91. The van der Waals surface area contributed by atoms with Crippen LogP contribution in [0.25, 0.3) is 0 Å². The minimum absolute atomic E-state index is 0.0187. The monoisotopic (exact) mass is 300 g/mol. The maximum Gasteiger partial charge on any atom is 0.243 e. The molecule has 0 aliphatic rings. The third kappa shape index (κ3) is 4.56. The molecule has 0 aliphatic heterocycles. The Morgan fingerprint density at radius 3 is 2.20 bits per heavy atom. The average molecular weight is 300 g/mol. The zero-order valence-electron chi connectivity index (χ0n) is 12.3. The molecular weight excluding hydrogens is 276 g/mol. The van der Waals surface area contributed by atoms with Crippen LogP contribution in [0, 0.1) is 12.8 Å². The van der Waals surface area contributed by atoms with E-state index in [0.717, 1.165) is 5.56 Å². The van der Waals surface area contributed by atoms with Crippen molar-refractivity contribution in [3.05, 3.63) is 29.8 Å². The highest BCUT2D eigenvalue weighted by atomic mass is 32.2. The predicted molar refractivity (Wildman–Crippen MR) is 79.8 cm³/mol. The molecule has 1 rings (SSSR count). The first-order chi connectivity index (χ1) is 9.27. The highest BCUT2D eigenvalue weighted by molar-refractivity contribution is 7.89. The second-order valence-electron chi connectivity index (χ2n) is 5.42. The van der Waals surface area contributed by atoms with Crippen LogP contribution >= 0.6 is 0 Å². The maximum absolute atomic E-state index is 12.6. The van der Waals surface area contributed by atoms with Gasteiger partial charge in [0.1, 0.15) is 0 Å². The summed E-state index contributed by atoms with van der Waals surface area (Å²) >= 11 is 0. The predicted octanol–water partition coefficient (Wildman–Crippen LogP) is 0.961. The number of hydrogen-bond donors (Lipinski definition) is 2. The Labute approximate surface area is 121 Å². The molecule has 20 heavy (non-hydrogen) atoms. The minimum Gasteiger partial charge on any atom is -0.390 e. The Morgan fingerprint density at radius 1 is 1.20 bits per heavy atom. The largest absolute Gasteiger partial charge is 0.390 e. The lowest BCUT2D eigenvalue weighted by Crippen LogP contribution is -2.42. The van der Waals surface area contributed by atoms with E-state index in [1.807, 2.05) is 20.8 Å². The lowest BCUT2D eigenvalue weighted by atomic mass is 10.2. The molecule has 3 N–H and O–H groups in total. The smallest absolute Gasteiger partial charge is 0.243 e. The van der Waals surface area contributed by atoms with Crippen molar-refractivity contribution in [2.75, 3.05) is 19.6 Å². The average Bonchev–Trinajstić information content (AvgIpc) is 2.37. The number of benzene rings is 1. The number of rotatable bonds is 7. The summed E-state index contributed by atoms with van der Waals surface area (Å²) in [6, 6.07) is 6.71. The van der Waals surface area contributed by atoms with Crippen LogP contribution < -0.4 is 5.73 Å². The molecule has 0 aromatic heterocycles. The van der Waals surface area contributed by atoms with E-state index in [4.69, 9.17) is 5.73 Å². The van der Waals surface area contributed by atoms with E-state index in [-0.39, 0.29) is 23.9 Å². The lowest BCUT2D eigenvalue weighted by molar-refractivity contribution is 0.149. The highest BCUT2D eigenvalue weighted by Crippen LogP contribution is 2.18. The lowest BCUT2D eigenvalue weighted by Gasteiger charge is -2.26. The molecule has 0 amide bonds. The Bertz CT molecular complexity index is 512. The van der Waals surface area contributed by atoms with E-state index >= 15 is 0 Å². The number of sulfonamides is 1. The quantitative estimate of drug-likeness (QED) is 0.785. The van der Waals surface area contributed by atoms with Gasteiger partial charge in [-0.1, -0.05) is 31.5 Å². The fraction of sp³-hybridized carbons (Fsp3) is 0.571. The van der Waals surface area contributed by atoms with Crippen LogP contribution in [0.4, 0.5) is 0 Å². The molecule has 1 aromatic carbocycles. The van der Waals surface area contributed by atoms with E-state index in [1.165, 1.54) is 4.31 Å². The number of aliphatic hydroxyl groups is 1. The van der Waals surface area contributed by atoms with Crippen molar-refractivity contribution in [3.8, 4) is 0 Å². The molecule has 6 heteroatoms. The van der Waals surface area contributed by atoms with Crippen molar-refractivity contribution < 1.29 is 13.5 Å². The van der Waals surface area contributed by atoms with Gasteiger partial charge in [-0.25, -0.2) is 8.42 Å². The van der Waals surface area contributed by atoms with Gasteiger partial charge in [0.05, 0.1) is 11.0 Å². The van der Waals surface area contributed by atoms with Crippen molar-refractivity contribution in [1.82, 2.24) is 4.31 Å². The third-order valence-corrected chi connectivity index (χ3v) is 4.76. The summed E-state index contributed by atoms with van der Waals surface area (Å²) in [7, 11) is -3.60. The van der Waals surface area contributed by atoms with Gasteiger partial charge in [0.25, 0.3) is 0 Å². The molecule has 0 bridgehead atoms. The fourth-order valence-electron chi connectivity index (χ4n) is 1.85. The summed E-state index contributed by atoms with van der Waals surface area (Å²) in [6.45, 7) is 6.19. The molecule has 1 atom stereocenters. The summed E-state index contributed by atoms with van der Waals surface area (Å²) in [4.78, 5) is 0.243. The Balaban J connectivity index is 3.06. The first-order valence-electron chi connectivity index (χ1n) is 6.72. The molecule has 0 saturated carbocycles. The van der Waals surface area contributed by atoms with E-state index in [0.29, 0.717) is 6.54 Å². The molecule has 5 nitrogen and oxygen atoms in total. The van der Waals surface area contributed by atoms with Gasteiger partial charge in [0.15, 0.2) is 0 Å². The number of nitrogens with two attached hydrogens (primary N) is 1. The van der Waals surface area contributed by atoms with Gasteiger partial charge in [-0.05, 0) is 25.0 Å². The molecule has 0 spiro atoms. The van der Waals surface area contributed by atoms with Crippen LogP contribution in [-0.4, -0.2) is 43.6 Å². The Kier molecular flexibility index (Phi) is 6.13. The van der Waals surface area contributed by atoms with E-state index in [2.05, 4.69) is 0 Å². The van der Waals surface area contributed by atoms with Gasteiger partial charge in [0.2, 0.25) is 10.0 Å². The summed E-state index contributed by atoms with van der Waals surface area (Å²) in [5, 5.41) is 9.66. The van der Waals surface area contributed by atoms with Crippen molar-refractivity contribution in [2.24, 2.45) is 11.7 Å². The standard InChI is InChI=1S/C14H24N2O3S/c1-11(2)9-16(10-13(17)8-15)20(18,19)14-6-4-12(3)5-7-14/h4-7,11,13,17H,8-10,15H2,1-3H3. The van der Waals surface area contributed by atoms with Crippen LogP contribution in [0.5, 0.6) is 0 Å². The zero-order valence-corrected chi connectivity index (χ0v) is 13.1. The maximum atomic E-state index is 12.6. The second kappa shape index (κ2) is 7.17. The van der Waals surface area contributed by atoms with E-state index in [1.54, 1.807) is 24.3 Å². The number of hydrogen-bond acceptors (Lipinski definition) is 4. The SMILES string of the molecule is Cc1ccc(S(=O)(=O)N(CC(C)C)CC(O)CN)cc1. The first kappa shape index (κ1) is 17.1. The van der Waals surface area contributed by atoms with Crippen LogP contribution in [0.3, 0.4) is 0 Å². The minimum atomic E-state index is -3.60.